The number of hydrogen-bond donors (Lipinski definition) is 1. The normalized spacial score (nSPS) is 12.9. The number of nitrogens with zero attached hydrogens (tertiary/aromatic N) is 1. The van der Waals surface area contributed by atoms with Crippen LogP contribution in [0.3, 0.4) is 0 Å². The van der Waals surface area contributed by atoms with Crippen LogP contribution >= 0.6 is 15.9 Å². The van der Waals surface area contributed by atoms with Crippen LogP contribution in [0.15, 0.2) is 52.1 Å². The van der Waals surface area contributed by atoms with Gasteiger partial charge in [-0.3, -0.25) is 4.98 Å². The van der Waals surface area contributed by atoms with Crippen molar-refractivity contribution in [1.82, 2.24) is 9.71 Å². The number of rotatable bonds is 5. The average Bonchev–Trinajstić information content (AvgIpc) is 2.47. The van der Waals surface area contributed by atoms with Gasteiger partial charge >= 0.3 is 0 Å². The molecular formula is C14H15BrN2O3S. The first-order valence-corrected chi connectivity index (χ1v) is 8.47. The minimum Gasteiger partial charge on any atom is -0.495 e. The summed E-state index contributed by atoms with van der Waals surface area (Å²) in [6.45, 7) is 1.78. The zero-order valence-electron chi connectivity index (χ0n) is 11.6. The van der Waals surface area contributed by atoms with Crippen molar-refractivity contribution >= 4 is 26.0 Å². The standard InChI is InChI=1S/C14H15BrN2O3S/c1-10(11-5-7-16-8-6-11)17-21(18,19)14-9-12(15)3-4-13(14)20-2/h3-10,17H,1-2H3. The summed E-state index contributed by atoms with van der Waals surface area (Å²) in [6, 6.07) is 8.01. The average molecular weight is 371 g/mol. The van der Waals surface area contributed by atoms with E-state index in [9.17, 15) is 8.42 Å². The Balaban J connectivity index is 2.33. The van der Waals surface area contributed by atoms with Crippen LogP contribution in [0.1, 0.15) is 18.5 Å². The molecule has 0 radical (unpaired) electrons. The summed E-state index contributed by atoms with van der Waals surface area (Å²) in [5.74, 6) is 0.299. The molecule has 1 atom stereocenters. The molecule has 1 aromatic carbocycles. The quantitative estimate of drug-likeness (QED) is 0.878. The van der Waals surface area contributed by atoms with Gasteiger partial charge in [-0.05, 0) is 42.8 Å². The molecular weight excluding hydrogens is 356 g/mol. The lowest BCUT2D eigenvalue weighted by Gasteiger charge is -2.16. The number of halogens is 1. The van der Waals surface area contributed by atoms with Crippen molar-refractivity contribution in [3.05, 3.63) is 52.8 Å². The number of sulfonamides is 1. The number of methoxy groups -OCH3 is 1. The molecule has 2 aromatic rings. The van der Waals surface area contributed by atoms with Gasteiger partial charge in [-0.2, -0.15) is 0 Å². The molecule has 0 aliphatic rings. The number of hydrogen-bond acceptors (Lipinski definition) is 4. The molecule has 0 bridgehead atoms. The van der Waals surface area contributed by atoms with Crippen LogP contribution in [0.5, 0.6) is 5.75 Å². The number of aromatic nitrogens is 1. The van der Waals surface area contributed by atoms with Crippen molar-refractivity contribution in [2.24, 2.45) is 0 Å². The van der Waals surface area contributed by atoms with Gasteiger partial charge in [-0.1, -0.05) is 15.9 Å². The lowest BCUT2D eigenvalue weighted by atomic mass is 10.1. The summed E-state index contributed by atoms with van der Waals surface area (Å²) in [5, 5.41) is 0. The fraction of sp³-hybridized carbons (Fsp3) is 0.214. The molecule has 0 aliphatic carbocycles. The lowest BCUT2D eigenvalue weighted by molar-refractivity contribution is 0.402. The predicted octanol–water partition coefficient (Wildman–Crippen LogP) is 2.89. The fourth-order valence-corrected chi connectivity index (χ4v) is 3.82. The molecule has 0 saturated carbocycles. The van der Waals surface area contributed by atoms with Gasteiger partial charge in [0.25, 0.3) is 0 Å². The van der Waals surface area contributed by atoms with Crippen molar-refractivity contribution in [3.8, 4) is 5.75 Å². The van der Waals surface area contributed by atoms with Crippen LogP contribution in [0.25, 0.3) is 0 Å². The molecule has 0 spiro atoms. The first-order valence-electron chi connectivity index (χ1n) is 6.20. The minimum atomic E-state index is -3.70. The molecule has 5 nitrogen and oxygen atoms in total. The fourth-order valence-electron chi connectivity index (χ4n) is 1.88. The second-order valence-electron chi connectivity index (χ2n) is 4.42. The highest BCUT2D eigenvalue weighted by atomic mass is 79.9. The maximum Gasteiger partial charge on any atom is 0.244 e. The molecule has 1 heterocycles. The molecule has 1 aromatic heterocycles. The van der Waals surface area contributed by atoms with Crippen LogP contribution in [0.4, 0.5) is 0 Å². The molecule has 21 heavy (non-hydrogen) atoms. The van der Waals surface area contributed by atoms with Crippen molar-refractivity contribution in [2.75, 3.05) is 7.11 Å². The van der Waals surface area contributed by atoms with E-state index in [2.05, 4.69) is 25.6 Å². The van der Waals surface area contributed by atoms with E-state index < -0.39 is 10.0 Å². The lowest BCUT2D eigenvalue weighted by Crippen LogP contribution is -2.27. The Hall–Kier alpha value is -1.44. The summed E-state index contributed by atoms with van der Waals surface area (Å²) in [5.41, 5.74) is 0.836. The van der Waals surface area contributed by atoms with E-state index in [4.69, 9.17) is 4.74 Å². The van der Waals surface area contributed by atoms with Crippen molar-refractivity contribution in [1.29, 1.82) is 0 Å². The van der Waals surface area contributed by atoms with Gasteiger partial charge in [0.1, 0.15) is 10.6 Å². The van der Waals surface area contributed by atoms with Gasteiger partial charge in [-0.25, -0.2) is 13.1 Å². The summed E-state index contributed by atoms with van der Waals surface area (Å²) in [6.07, 6.45) is 3.25. The van der Waals surface area contributed by atoms with Crippen LogP contribution in [0.2, 0.25) is 0 Å². The molecule has 0 saturated heterocycles. The molecule has 2 rings (SSSR count). The Morgan fingerprint density at radius 3 is 2.52 bits per heavy atom. The predicted molar refractivity (Wildman–Crippen MR) is 83.7 cm³/mol. The Bertz CT molecular complexity index is 720. The second-order valence-corrected chi connectivity index (χ2v) is 7.02. The zero-order valence-corrected chi connectivity index (χ0v) is 14.0. The maximum absolute atomic E-state index is 12.5. The maximum atomic E-state index is 12.5. The third-order valence-corrected chi connectivity index (χ3v) is 5.01. The van der Waals surface area contributed by atoms with Gasteiger partial charge in [0.05, 0.1) is 7.11 Å². The number of ether oxygens (including phenoxy) is 1. The smallest absolute Gasteiger partial charge is 0.244 e. The molecule has 1 N–H and O–H groups in total. The number of benzene rings is 1. The van der Waals surface area contributed by atoms with E-state index in [0.717, 1.165) is 5.56 Å². The topological polar surface area (TPSA) is 68.3 Å². The van der Waals surface area contributed by atoms with E-state index in [1.807, 2.05) is 0 Å². The van der Waals surface area contributed by atoms with Crippen LogP contribution < -0.4 is 9.46 Å². The molecule has 0 fully saturated rings. The summed E-state index contributed by atoms with van der Waals surface area (Å²) >= 11 is 3.27. The third-order valence-electron chi connectivity index (χ3n) is 2.95. The van der Waals surface area contributed by atoms with Gasteiger partial charge in [0.2, 0.25) is 10.0 Å². The summed E-state index contributed by atoms with van der Waals surface area (Å²) < 4.78 is 33.5. The van der Waals surface area contributed by atoms with E-state index >= 15 is 0 Å². The monoisotopic (exact) mass is 370 g/mol. The Kier molecular flexibility index (Phi) is 4.97. The van der Waals surface area contributed by atoms with Crippen LogP contribution in [0, 0.1) is 0 Å². The molecule has 0 aliphatic heterocycles. The molecule has 1 unspecified atom stereocenters. The van der Waals surface area contributed by atoms with Crippen LogP contribution in [-0.2, 0) is 10.0 Å². The van der Waals surface area contributed by atoms with Gasteiger partial charge < -0.3 is 4.74 Å². The summed E-state index contributed by atoms with van der Waals surface area (Å²) in [7, 11) is -2.26. The Morgan fingerprint density at radius 1 is 1.24 bits per heavy atom. The largest absolute Gasteiger partial charge is 0.495 e. The van der Waals surface area contributed by atoms with E-state index in [0.29, 0.717) is 10.2 Å². The third kappa shape index (κ3) is 3.81. The molecule has 112 valence electrons. The van der Waals surface area contributed by atoms with Gasteiger partial charge in [-0.15, -0.1) is 0 Å². The second kappa shape index (κ2) is 6.55. The van der Waals surface area contributed by atoms with E-state index in [1.165, 1.54) is 13.2 Å². The van der Waals surface area contributed by atoms with Gasteiger partial charge in [0, 0.05) is 22.9 Å². The zero-order chi connectivity index (χ0) is 15.5. The van der Waals surface area contributed by atoms with Crippen LogP contribution in [-0.4, -0.2) is 20.5 Å². The van der Waals surface area contributed by atoms with E-state index in [-0.39, 0.29) is 10.9 Å². The minimum absolute atomic E-state index is 0.0975. The Labute approximate surface area is 132 Å². The highest BCUT2D eigenvalue weighted by Gasteiger charge is 2.22. The SMILES string of the molecule is COc1ccc(Br)cc1S(=O)(=O)NC(C)c1ccncc1. The van der Waals surface area contributed by atoms with Crippen molar-refractivity contribution in [2.45, 2.75) is 17.9 Å². The molecule has 0 amide bonds. The van der Waals surface area contributed by atoms with Crippen molar-refractivity contribution in [3.63, 3.8) is 0 Å². The van der Waals surface area contributed by atoms with Crippen molar-refractivity contribution < 1.29 is 13.2 Å². The number of nitrogens with one attached hydrogen (secondary N) is 1. The first-order chi connectivity index (χ1) is 9.94. The highest BCUT2D eigenvalue weighted by molar-refractivity contribution is 9.10. The Morgan fingerprint density at radius 2 is 1.90 bits per heavy atom. The van der Waals surface area contributed by atoms with Gasteiger partial charge in [0.15, 0.2) is 0 Å². The molecule has 7 heteroatoms. The summed E-state index contributed by atoms with van der Waals surface area (Å²) in [4.78, 5) is 4.02. The first kappa shape index (κ1) is 15.9. The highest BCUT2D eigenvalue weighted by Crippen LogP contribution is 2.28. The van der Waals surface area contributed by atoms with E-state index in [1.54, 1.807) is 43.6 Å². The number of pyridine rings is 1.